The Morgan fingerprint density at radius 1 is 1.28 bits per heavy atom. The Kier molecular flexibility index (Phi) is 10.8. The van der Waals surface area contributed by atoms with Crippen LogP contribution in [0.2, 0.25) is 5.02 Å². The van der Waals surface area contributed by atoms with Crippen molar-refractivity contribution in [2.75, 3.05) is 26.2 Å². The average Bonchev–Trinajstić information content (AvgIpc) is 2.98. The molecule has 1 aromatic heterocycles. The molecule has 0 saturated carbocycles. The monoisotopic (exact) mass is 494 g/mol. The van der Waals surface area contributed by atoms with E-state index in [4.69, 9.17) is 16.3 Å². The summed E-state index contributed by atoms with van der Waals surface area (Å²) in [5.41, 5.74) is 1.10. The van der Waals surface area contributed by atoms with Gasteiger partial charge >= 0.3 is 0 Å². The summed E-state index contributed by atoms with van der Waals surface area (Å²) in [7, 11) is 0. The molecule has 5 nitrogen and oxygen atoms in total. The molecule has 0 radical (unpaired) electrons. The van der Waals surface area contributed by atoms with Gasteiger partial charge in [0.1, 0.15) is 12.4 Å². The van der Waals surface area contributed by atoms with Gasteiger partial charge in [0.05, 0.1) is 17.2 Å². The van der Waals surface area contributed by atoms with Gasteiger partial charge in [-0.3, -0.25) is 4.99 Å². The van der Waals surface area contributed by atoms with Crippen LogP contribution < -0.4 is 15.4 Å². The standard InChI is InChI=1S/C17H23ClN4OS.HI/c1-3-19-17(20-9-8-15-12-24-13(2)22-15)21-10-11-23-16-6-4-14(18)5-7-16;/h4-7,12H,3,8-11H2,1-2H3,(H2,19,20,21);1H. The molecule has 1 aromatic carbocycles. The molecule has 0 atom stereocenters. The first-order valence-electron chi connectivity index (χ1n) is 7.99. The fourth-order valence-corrected chi connectivity index (χ4v) is 2.79. The maximum Gasteiger partial charge on any atom is 0.191 e. The van der Waals surface area contributed by atoms with Gasteiger partial charge in [0.2, 0.25) is 0 Å². The highest BCUT2D eigenvalue weighted by atomic mass is 127. The molecule has 0 bridgehead atoms. The number of halogens is 2. The lowest BCUT2D eigenvalue weighted by molar-refractivity contribution is 0.322. The van der Waals surface area contributed by atoms with E-state index in [1.54, 1.807) is 11.3 Å². The smallest absolute Gasteiger partial charge is 0.191 e. The Balaban J connectivity index is 0.00000312. The highest BCUT2D eigenvalue weighted by Gasteiger charge is 2.00. The van der Waals surface area contributed by atoms with E-state index in [-0.39, 0.29) is 24.0 Å². The first-order chi connectivity index (χ1) is 11.7. The normalized spacial score (nSPS) is 10.9. The molecule has 2 aromatic rings. The zero-order valence-electron chi connectivity index (χ0n) is 14.4. The molecule has 8 heteroatoms. The third-order valence-corrected chi connectivity index (χ3v) is 4.20. The molecule has 0 aliphatic rings. The average molecular weight is 495 g/mol. The van der Waals surface area contributed by atoms with E-state index in [0.717, 1.165) is 35.4 Å². The van der Waals surface area contributed by atoms with Crippen LogP contribution >= 0.6 is 46.9 Å². The topological polar surface area (TPSA) is 58.5 Å². The van der Waals surface area contributed by atoms with Crippen LogP contribution in [0.25, 0.3) is 0 Å². The van der Waals surface area contributed by atoms with Gasteiger partial charge in [0.15, 0.2) is 5.96 Å². The van der Waals surface area contributed by atoms with Crippen LogP contribution in [-0.2, 0) is 6.42 Å². The number of aromatic nitrogens is 1. The maximum atomic E-state index is 5.85. The third-order valence-electron chi connectivity index (χ3n) is 3.13. The second-order valence-electron chi connectivity index (χ2n) is 5.10. The highest BCUT2D eigenvalue weighted by molar-refractivity contribution is 14.0. The second-order valence-corrected chi connectivity index (χ2v) is 6.60. The minimum absolute atomic E-state index is 0. The van der Waals surface area contributed by atoms with Crippen molar-refractivity contribution in [1.82, 2.24) is 15.6 Å². The Morgan fingerprint density at radius 2 is 2.04 bits per heavy atom. The molecule has 2 rings (SSSR count). The number of nitrogens with one attached hydrogen (secondary N) is 2. The van der Waals surface area contributed by atoms with Crippen LogP contribution in [0.1, 0.15) is 17.6 Å². The van der Waals surface area contributed by atoms with Crippen LogP contribution in [0.5, 0.6) is 5.75 Å². The van der Waals surface area contributed by atoms with E-state index in [2.05, 4.69) is 26.0 Å². The molecule has 0 fully saturated rings. The van der Waals surface area contributed by atoms with Crippen molar-refractivity contribution in [3.05, 3.63) is 45.4 Å². The van der Waals surface area contributed by atoms with E-state index in [0.29, 0.717) is 24.7 Å². The summed E-state index contributed by atoms with van der Waals surface area (Å²) in [5.74, 6) is 1.60. The summed E-state index contributed by atoms with van der Waals surface area (Å²) in [6, 6.07) is 7.35. The number of hydrogen-bond acceptors (Lipinski definition) is 4. The van der Waals surface area contributed by atoms with Crippen LogP contribution in [-0.4, -0.2) is 37.2 Å². The number of nitrogens with zero attached hydrogens (tertiary/aromatic N) is 2. The Morgan fingerprint density at radius 3 is 2.68 bits per heavy atom. The van der Waals surface area contributed by atoms with Crippen molar-refractivity contribution < 1.29 is 4.74 Å². The lowest BCUT2D eigenvalue weighted by atomic mass is 10.3. The van der Waals surface area contributed by atoms with Gasteiger partial charge in [0.25, 0.3) is 0 Å². The lowest BCUT2D eigenvalue weighted by Crippen LogP contribution is -2.39. The van der Waals surface area contributed by atoms with Crippen LogP contribution in [0.3, 0.4) is 0 Å². The summed E-state index contributed by atoms with van der Waals surface area (Å²) in [4.78, 5) is 9.01. The fraction of sp³-hybridized carbons (Fsp3) is 0.412. The van der Waals surface area contributed by atoms with E-state index in [1.165, 1.54) is 0 Å². The molecular weight excluding hydrogens is 471 g/mol. The van der Waals surface area contributed by atoms with Crippen molar-refractivity contribution in [2.24, 2.45) is 4.99 Å². The van der Waals surface area contributed by atoms with E-state index in [1.807, 2.05) is 38.1 Å². The summed E-state index contributed by atoms with van der Waals surface area (Å²) < 4.78 is 5.65. The summed E-state index contributed by atoms with van der Waals surface area (Å²) in [6.45, 7) is 6.81. The lowest BCUT2D eigenvalue weighted by Gasteiger charge is -2.12. The Bertz CT molecular complexity index is 648. The van der Waals surface area contributed by atoms with Crippen molar-refractivity contribution in [1.29, 1.82) is 0 Å². The molecule has 1 heterocycles. The molecule has 0 aliphatic heterocycles. The number of rotatable bonds is 8. The van der Waals surface area contributed by atoms with E-state index >= 15 is 0 Å². The number of aryl methyl sites for hydroxylation is 1. The molecule has 2 N–H and O–H groups in total. The second kappa shape index (κ2) is 12.3. The Hall–Kier alpha value is -1.06. The number of guanidine groups is 1. The van der Waals surface area contributed by atoms with Gasteiger partial charge in [-0.2, -0.15) is 0 Å². The summed E-state index contributed by atoms with van der Waals surface area (Å²) in [6.07, 6.45) is 0.849. The number of benzene rings is 1. The quantitative estimate of drug-likeness (QED) is 0.253. The maximum absolute atomic E-state index is 5.85. The van der Waals surface area contributed by atoms with Crippen molar-refractivity contribution in [3.63, 3.8) is 0 Å². The van der Waals surface area contributed by atoms with Crippen LogP contribution in [0.15, 0.2) is 34.6 Å². The van der Waals surface area contributed by atoms with Crippen LogP contribution in [0.4, 0.5) is 0 Å². The van der Waals surface area contributed by atoms with Crippen molar-refractivity contribution >= 4 is 52.9 Å². The first-order valence-corrected chi connectivity index (χ1v) is 9.24. The van der Waals surface area contributed by atoms with Crippen molar-refractivity contribution in [2.45, 2.75) is 20.3 Å². The van der Waals surface area contributed by atoms with E-state index < -0.39 is 0 Å². The van der Waals surface area contributed by atoms with Gasteiger partial charge in [-0.05, 0) is 38.1 Å². The van der Waals surface area contributed by atoms with Gasteiger partial charge in [-0.1, -0.05) is 11.6 Å². The SMILES string of the molecule is CCNC(=NCCc1csc(C)n1)NCCOc1ccc(Cl)cc1.I. The predicted octanol–water partition coefficient (Wildman–Crippen LogP) is 3.90. The number of aliphatic imine (C=N–C) groups is 1. The molecule has 0 amide bonds. The van der Waals surface area contributed by atoms with Gasteiger partial charge in [-0.15, -0.1) is 35.3 Å². The van der Waals surface area contributed by atoms with Crippen LogP contribution in [0, 0.1) is 6.92 Å². The molecule has 25 heavy (non-hydrogen) atoms. The van der Waals surface area contributed by atoms with Gasteiger partial charge < -0.3 is 15.4 Å². The van der Waals surface area contributed by atoms with Gasteiger partial charge in [-0.25, -0.2) is 4.98 Å². The minimum Gasteiger partial charge on any atom is -0.492 e. The minimum atomic E-state index is 0. The van der Waals surface area contributed by atoms with Crippen molar-refractivity contribution in [3.8, 4) is 5.75 Å². The predicted molar refractivity (Wildman–Crippen MR) is 117 cm³/mol. The number of ether oxygens (including phenoxy) is 1. The molecule has 0 spiro atoms. The number of hydrogen-bond donors (Lipinski definition) is 2. The Labute approximate surface area is 175 Å². The summed E-state index contributed by atoms with van der Waals surface area (Å²) in [5, 5.41) is 10.4. The third kappa shape index (κ3) is 8.73. The first kappa shape index (κ1) is 22.0. The fourth-order valence-electron chi connectivity index (χ4n) is 2.02. The summed E-state index contributed by atoms with van der Waals surface area (Å²) >= 11 is 7.52. The van der Waals surface area contributed by atoms with Gasteiger partial charge in [0, 0.05) is 29.9 Å². The number of thiazole rings is 1. The molecule has 0 aliphatic carbocycles. The zero-order valence-corrected chi connectivity index (χ0v) is 18.3. The molecule has 138 valence electrons. The largest absolute Gasteiger partial charge is 0.492 e. The molecule has 0 unspecified atom stereocenters. The van der Waals surface area contributed by atoms with E-state index in [9.17, 15) is 0 Å². The highest BCUT2D eigenvalue weighted by Crippen LogP contribution is 2.15. The molecular formula is C17H24ClIN4OS. The zero-order chi connectivity index (χ0) is 17.2. The molecule has 0 saturated heterocycles.